The van der Waals surface area contributed by atoms with Crippen molar-refractivity contribution in [2.75, 3.05) is 7.11 Å². The van der Waals surface area contributed by atoms with Crippen molar-refractivity contribution in [1.82, 2.24) is 5.32 Å². The van der Waals surface area contributed by atoms with Crippen LogP contribution in [0.4, 0.5) is 13.2 Å². The molecule has 4 atom stereocenters. The van der Waals surface area contributed by atoms with E-state index in [1.165, 1.54) is 18.4 Å². The Morgan fingerprint density at radius 3 is 2.28 bits per heavy atom. The third-order valence-electron chi connectivity index (χ3n) is 3.83. The van der Waals surface area contributed by atoms with Gasteiger partial charge in [0.25, 0.3) is 0 Å². The van der Waals surface area contributed by atoms with Gasteiger partial charge < -0.3 is 13.9 Å². The number of rotatable bonds is 3. The van der Waals surface area contributed by atoms with Gasteiger partial charge in [0, 0.05) is 0 Å². The number of carbonyl (C=O) groups excluding carboxylic acids is 2. The van der Waals surface area contributed by atoms with Crippen LogP contribution in [0.15, 0.2) is 22.8 Å². The molecule has 0 saturated carbocycles. The Hall–Kier alpha value is -2.03. The van der Waals surface area contributed by atoms with Crippen molar-refractivity contribution in [2.24, 2.45) is 11.8 Å². The third-order valence-corrected chi connectivity index (χ3v) is 3.83. The predicted molar refractivity (Wildman–Crippen MR) is 79.3 cm³/mol. The molecular formula is C16H20F3NO5. The monoisotopic (exact) mass is 363 g/mol. The zero-order valence-corrected chi connectivity index (χ0v) is 14.2. The Kier molecular flexibility index (Phi) is 5.17. The molecule has 1 aromatic heterocycles. The molecule has 1 aromatic rings. The van der Waals surface area contributed by atoms with Crippen molar-refractivity contribution in [3.8, 4) is 0 Å². The molecular weight excluding hydrogens is 343 g/mol. The first-order valence-corrected chi connectivity index (χ1v) is 7.62. The van der Waals surface area contributed by atoms with E-state index in [0.717, 1.165) is 7.11 Å². The van der Waals surface area contributed by atoms with Crippen molar-refractivity contribution in [3.05, 3.63) is 24.2 Å². The Morgan fingerprint density at radius 1 is 1.20 bits per heavy atom. The smallest absolute Gasteiger partial charge is 0.394 e. The first kappa shape index (κ1) is 19.3. The lowest BCUT2D eigenvalue weighted by Crippen LogP contribution is -2.45. The van der Waals surface area contributed by atoms with Crippen LogP contribution in [0.25, 0.3) is 0 Å². The molecule has 2 heterocycles. The zero-order chi connectivity index (χ0) is 19.0. The van der Waals surface area contributed by atoms with E-state index in [-0.39, 0.29) is 5.76 Å². The summed E-state index contributed by atoms with van der Waals surface area (Å²) in [5.74, 6) is -6.05. The van der Waals surface area contributed by atoms with Gasteiger partial charge in [-0.1, -0.05) is 0 Å². The number of carbonyl (C=O) groups is 2. The lowest BCUT2D eigenvalue weighted by atomic mass is 9.85. The highest BCUT2D eigenvalue weighted by Gasteiger charge is 2.63. The van der Waals surface area contributed by atoms with Crippen LogP contribution in [-0.4, -0.2) is 36.9 Å². The SMILES string of the molecule is COC(=O)[C@@H]1N[C@H](c2ccco2)[C@H](C(=O)OC(C)(C)C)[C@H]1C(F)(F)F. The molecule has 1 aliphatic heterocycles. The van der Waals surface area contributed by atoms with Crippen LogP contribution in [0.3, 0.4) is 0 Å². The van der Waals surface area contributed by atoms with Gasteiger partial charge in [-0.15, -0.1) is 0 Å². The number of hydrogen-bond donors (Lipinski definition) is 1. The van der Waals surface area contributed by atoms with Crippen LogP contribution < -0.4 is 5.32 Å². The van der Waals surface area contributed by atoms with E-state index in [9.17, 15) is 22.8 Å². The molecule has 0 spiro atoms. The molecule has 25 heavy (non-hydrogen) atoms. The van der Waals surface area contributed by atoms with E-state index in [4.69, 9.17) is 9.15 Å². The second kappa shape index (κ2) is 6.70. The van der Waals surface area contributed by atoms with Crippen molar-refractivity contribution >= 4 is 11.9 Å². The molecule has 1 saturated heterocycles. The minimum atomic E-state index is -4.82. The predicted octanol–water partition coefficient (Wildman–Crippen LogP) is 2.60. The van der Waals surface area contributed by atoms with Gasteiger partial charge in [0.15, 0.2) is 0 Å². The normalized spacial score (nSPS) is 27.2. The highest BCUT2D eigenvalue weighted by Crippen LogP contribution is 2.47. The molecule has 0 unspecified atom stereocenters. The highest BCUT2D eigenvalue weighted by atomic mass is 19.4. The summed E-state index contributed by atoms with van der Waals surface area (Å²) in [5.41, 5.74) is -0.982. The number of furan rings is 1. The van der Waals surface area contributed by atoms with Crippen molar-refractivity contribution in [2.45, 2.75) is 44.6 Å². The Labute approximate surface area is 142 Å². The van der Waals surface area contributed by atoms with Gasteiger partial charge in [0.1, 0.15) is 17.4 Å². The molecule has 1 N–H and O–H groups in total. The van der Waals surface area contributed by atoms with Gasteiger partial charge >= 0.3 is 18.1 Å². The van der Waals surface area contributed by atoms with Crippen molar-refractivity contribution in [3.63, 3.8) is 0 Å². The van der Waals surface area contributed by atoms with Gasteiger partial charge in [0.2, 0.25) is 0 Å². The lowest BCUT2D eigenvalue weighted by molar-refractivity contribution is -0.204. The molecule has 1 fully saturated rings. The summed E-state index contributed by atoms with van der Waals surface area (Å²) in [7, 11) is 0.986. The van der Waals surface area contributed by atoms with Gasteiger partial charge in [-0.3, -0.25) is 14.9 Å². The quantitative estimate of drug-likeness (QED) is 0.832. The van der Waals surface area contributed by atoms with E-state index in [2.05, 4.69) is 10.1 Å². The molecule has 2 rings (SSSR count). The topological polar surface area (TPSA) is 77.8 Å². The lowest BCUT2D eigenvalue weighted by Gasteiger charge is -2.28. The van der Waals surface area contributed by atoms with E-state index in [1.807, 2.05) is 0 Å². The van der Waals surface area contributed by atoms with Crippen LogP contribution in [0.2, 0.25) is 0 Å². The largest absolute Gasteiger partial charge is 0.468 e. The number of esters is 2. The van der Waals surface area contributed by atoms with Gasteiger partial charge in [0.05, 0.1) is 31.3 Å². The van der Waals surface area contributed by atoms with Gasteiger partial charge in [-0.05, 0) is 32.9 Å². The fourth-order valence-electron chi connectivity index (χ4n) is 2.93. The average Bonchev–Trinajstić information content (AvgIpc) is 3.10. The Morgan fingerprint density at radius 2 is 1.84 bits per heavy atom. The molecule has 0 amide bonds. The summed E-state index contributed by atoms with van der Waals surface area (Å²) >= 11 is 0. The minimum absolute atomic E-state index is 0.108. The zero-order valence-electron chi connectivity index (χ0n) is 14.2. The van der Waals surface area contributed by atoms with Crippen LogP contribution >= 0.6 is 0 Å². The molecule has 6 nitrogen and oxygen atoms in total. The summed E-state index contributed by atoms with van der Waals surface area (Å²) in [6.07, 6.45) is -3.55. The Bertz CT molecular complexity index is 621. The second-order valence-electron chi connectivity index (χ2n) is 6.79. The fraction of sp³-hybridized carbons (Fsp3) is 0.625. The molecule has 0 aliphatic carbocycles. The van der Waals surface area contributed by atoms with Crippen LogP contribution in [0.5, 0.6) is 0 Å². The van der Waals surface area contributed by atoms with Crippen molar-refractivity contribution in [1.29, 1.82) is 0 Å². The summed E-state index contributed by atoms with van der Waals surface area (Å²) in [5, 5.41) is 2.53. The average molecular weight is 363 g/mol. The Balaban J connectivity index is 2.48. The maximum absolute atomic E-state index is 13.7. The standard InChI is InChI=1S/C16H20F3NO5/c1-15(2,3)25-13(21)9-10(16(17,18)19)12(14(22)23-4)20-11(9)8-6-5-7-24-8/h5-7,9-12,20H,1-4H3/t9-,10-,11-,12-/m1/s1. The fourth-order valence-corrected chi connectivity index (χ4v) is 2.93. The number of ether oxygens (including phenoxy) is 2. The number of nitrogens with one attached hydrogen (secondary N) is 1. The first-order chi connectivity index (χ1) is 11.5. The maximum Gasteiger partial charge on any atom is 0.394 e. The van der Waals surface area contributed by atoms with E-state index >= 15 is 0 Å². The molecule has 0 bridgehead atoms. The molecule has 0 aromatic carbocycles. The summed E-state index contributed by atoms with van der Waals surface area (Å²) in [4.78, 5) is 24.4. The van der Waals surface area contributed by atoms with E-state index < -0.39 is 47.6 Å². The van der Waals surface area contributed by atoms with E-state index in [0.29, 0.717) is 0 Å². The number of hydrogen-bond acceptors (Lipinski definition) is 6. The van der Waals surface area contributed by atoms with Crippen LogP contribution in [0, 0.1) is 11.8 Å². The number of halogens is 3. The minimum Gasteiger partial charge on any atom is -0.468 e. The molecule has 0 radical (unpaired) electrons. The summed E-state index contributed by atoms with van der Waals surface area (Å²) in [6.45, 7) is 4.65. The third kappa shape index (κ3) is 4.15. The first-order valence-electron chi connectivity index (χ1n) is 7.62. The molecule has 9 heteroatoms. The number of alkyl halides is 3. The van der Waals surface area contributed by atoms with Crippen molar-refractivity contribution < 1.29 is 36.7 Å². The molecule has 1 aliphatic rings. The molecule has 140 valence electrons. The van der Waals surface area contributed by atoms with Crippen LogP contribution in [-0.2, 0) is 19.1 Å². The summed E-state index contributed by atoms with van der Waals surface area (Å²) in [6, 6.07) is 0.0116. The van der Waals surface area contributed by atoms with E-state index in [1.54, 1.807) is 20.8 Å². The highest BCUT2D eigenvalue weighted by molar-refractivity contribution is 5.81. The summed E-state index contributed by atoms with van der Waals surface area (Å²) < 4.78 is 55.8. The van der Waals surface area contributed by atoms with Gasteiger partial charge in [-0.25, -0.2) is 0 Å². The maximum atomic E-state index is 13.7. The number of methoxy groups -OCH3 is 1. The second-order valence-corrected chi connectivity index (χ2v) is 6.79. The van der Waals surface area contributed by atoms with Crippen LogP contribution in [0.1, 0.15) is 32.6 Å². The van der Waals surface area contributed by atoms with Gasteiger partial charge in [-0.2, -0.15) is 13.2 Å².